The van der Waals surface area contributed by atoms with Gasteiger partial charge in [0.1, 0.15) is 0 Å². The lowest BCUT2D eigenvalue weighted by Gasteiger charge is -2.10. The first kappa shape index (κ1) is 14.4. The molecule has 0 heterocycles. The Balaban J connectivity index is 2.27. The van der Waals surface area contributed by atoms with Gasteiger partial charge in [0.25, 0.3) is 0 Å². The Morgan fingerprint density at radius 1 is 1.41 bits per heavy atom. The minimum atomic E-state index is -0.0411. The number of anilines is 1. The molecule has 17 heavy (non-hydrogen) atoms. The highest BCUT2D eigenvalue weighted by Gasteiger charge is 2.03. The van der Waals surface area contributed by atoms with Crippen molar-refractivity contribution in [1.82, 2.24) is 5.32 Å². The van der Waals surface area contributed by atoms with Gasteiger partial charge in [-0.2, -0.15) is 11.8 Å². The van der Waals surface area contributed by atoms with Crippen LogP contribution in [0, 0.1) is 0 Å². The molecule has 0 saturated carbocycles. The van der Waals surface area contributed by atoms with E-state index in [1.54, 1.807) is 36.0 Å². The molecule has 2 N–H and O–H groups in total. The third-order valence-corrected chi connectivity index (χ3v) is 3.47. The van der Waals surface area contributed by atoms with Gasteiger partial charge in [-0.1, -0.05) is 18.5 Å². The Morgan fingerprint density at radius 2 is 2.06 bits per heavy atom. The second-order valence-corrected chi connectivity index (χ2v) is 5.44. The summed E-state index contributed by atoms with van der Waals surface area (Å²) in [4.78, 5) is 11.6. The summed E-state index contributed by atoms with van der Waals surface area (Å²) < 4.78 is 0. The van der Waals surface area contributed by atoms with Crippen LogP contribution in [-0.2, 0) is 4.79 Å². The number of carbonyl (C=O) groups is 1. The van der Waals surface area contributed by atoms with E-state index >= 15 is 0 Å². The summed E-state index contributed by atoms with van der Waals surface area (Å²) in [5.41, 5.74) is 0.763. The fraction of sp³-hybridized carbons (Fsp3) is 0.417. The van der Waals surface area contributed by atoms with Crippen LogP contribution < -0.4 is 10.6 Å². The van der Waals surface area contributed by atoms with Crippen LogP contribution >= 0.6 is 23.4 Å². The number of thioether (sulfide) groups is 1. The van der Waals surface area contributed by atoms with Crippen molar-refractivity contribution in [2.75, 3.05) is 24.7 Å². The highest BCUT2D eigenvalue weighted by molar-refractivity contribution is 7.99. The van der Waals surface area contributed by atoms with Gasteiger partial charge in [-0.3, -0.25) is 4.79 Å². The molecule has 0 fully saturated rings. The molecule has 1 unspecified atom stereocenters. The standard InChI is InChI=1S/C12H17ClN2OS/c1-9(17-2)7-14-8-12(16)15-11-5-3-10(13)4-6-11/h3-6,9,14H,7-8H2,1-2H3,(H,15,16). The molecule has 0 aliphatic rings. The highest BCUT2D eigenvalue weighted by atomic mass is 35.5. The van der Waals surface area contributed by atoms with Gasteiger partial charge in [0.15, 0.2) is 0 Å². The quantitative estimate of drug-likeness (QED) is 0.836. The third-order valence-electron chi connectivity index (χ3n) is 2.25. The Kier molecular flexibility index (Phi) is 6.40. The SMILES string of the molecule is CSC(C)CNCC(=O)Nc1ccc(Cl)cc1. The normalized spacial score (nSPS) is 12.2. The molecular formula is C12H17ClN2OS. The summed E-state index contributed by atoms with van der Waals surface area (Å²) in [6.07, 6.45) is 2.06. The number of amides is 1. The van der Waals surface area contributed by atoms with Crippen molar-refractivity contribution in [3.63, 3.8) is 0 Å². The molecule has 5 heteroatoms. The van der Waals surface area contributed by atoms with Crippen LogP contribution in [0.25, 0.3) is 0 Å². The van der Waals surface area contributed by atoms with E-state index in [0.717, 1.165) is 12.2 Å². The van der Waals surface area contributed by atoms with E-state index in [9.17, 15) is 4.79 Å². The van der Waals surface area contributed by atoms with E-state index in [1.165, 1.54) is 0 Å². The molecule has 0 aliphatic carbocycles. The number of hydrogen-bond acceptors (Lipinski definition) is 3. The van der Waals surface area contributed by atoms with Gasteiger partial charge in [-0.25, -0.2) is 0 Å². The molecule has 94 valence electrons. The average Bonchev–Trinajstić information content (AvgIpc) is 2.32. The van der Waals surface area contributed by atoms with Gasteiger partial charge >= 0.3 is 0 Å². The molecule has 0 bridgehead atoms. The predicted octanol–water partition coefficient (Wildman–Crippen LogP) is 2.62. The molecule has 0 radical (unpaired) electrons. The van der Waals surface area contributed by atoms with E-state index in [0.29, 0.717) is 16.8 Å². The summed E-state index contributed by atoms with van der Waals surface area (Å²) in [7, 11) is 0. The van der Waals surface area contributed by atoms with E-state index in [4.69, 9.17) is 11.6 Å². The fourth-order valence-corrected chi connectivity index (χ4v) is 1.62. The number of nitrogens with one attached hydrogen (secondary N) is 2. The maximum Gasteiger partial charge on any atom is 0.238 e. The zero-order valence-corrected chi connectivity index (χ0v) is 11.6. The van der Waals surface area contributed by atoms with Gasteiger partial charge in [-0.15, -0.1) is 0 Å². The van der Waals surface area contributed by atoms with Crippen molar-refractivity contribution in [3.8, 4) is 0 Å². The summed E-state index contributed by atoms with van der Waals surface area (Å²) in [5.74, 6) is -0.0411. The zero-order chi connectivity index (χ0) is 12.7. The Hall–Kier alpha value is -0.710. The molecule has 1 amide bonds. The van der Waals surface area contributed by atoms with Gasteiger partial charge in [-0.05, 0) is 30.5 Å². The number of halogens is 1. The third kappa shape index (κ3) is 5.96. The van der Waals surface area contributed by atoms with Gasteiger partial charge in [0, 0.05) is 22.5 Å². The van der Waals surface area contributed by atoms with Gasteiger partial charge in [0.2, 0.25) is 5.91 Å². The van der Waals surface area contributed by atoms with E-state index in [1.807, 2.05) is 0 Å². The highest BCUT2D eigenvalue weighted by Crippen LogP contribution is 2.12. The monoisotopic (exact) mass is 272 g/mol. The van der Waals surface area contributed by atoms with E-state index < -0.39 is 0 Å². The number of hydrogen-bond donors (Lipinski definition) is 2. The maximum absolute atomic E-state index is 11.6. The smallest absolute Gasteiger partial charge is 0.238 e. The van der Waals surface area contributed by atoms with Crippen LogP contribution in [0.2, 0.25) is 5.02 Å². The maximum atomic E-state index is 11.6. The second-order valence-electron chi connectivity index (χ2n) is 3.73. The van der Waals surface area contributed by atoms with Crippen molar-refractivity contribution in [2.45, 2.75) is 12.2 Å². The Bertz CT molecular complexity index is 356. The lowest BCUT2D eigenvalue weighted by Crippen LogP contribution is -2.31. The fourth-order valence-electron chi connectivity index (χ4n) is 1.21. The summed E-state index contributed by atoms with van der Waals surface area (Å²) >= 11 is 7.53. The lowest BCUT2D eigenvalue weighted by atomic mass is 10.3. The van der Waals surface area contributed by atoms with Crippen LogP contribution in [0.15, 0.2) is 24.3 Å². The molecule has 0 aromatic heterocycles. The first-order valence-electron chi connectivity index (χ1n) is 5.40. The van der Waals surface area contributed by atoms with E-state index in [-0.39, 0.29) is 5.91 Å². The molecule has 0 saturated heterocycles. The number of rotatable bonds is 6. The van der Waals surface area contributed by atoms with Crippen LogP contribution in [0.3, 0.4) is 0 Å². The first-order chi connectivity index (χ1) is 8.11. The summed E-state index contributed by atoms with van der Waals surface area (Å²) in [5, 5.41) is 7.08. The summed E-state index contributed by atoms with van der Waals surface area (Å²) in [6, 6.07) is 7.07. The first-order valence-corrected chi connectivity index (χ1v) is 7.07. The van der Waals surface area contributed by atoms with Crippen LogP contribution in [0.5, 0.6) is 0 Å². The van der Waals surface area contributed by atoms with Crippen LogP contribution in [0.4, 0.5) is 5.69 Å². The Labute approximate surface area is 111 Å². The molecule has 0 aliphatic heterocycles. The average molecular weight is 273 g/mol. The van der Waals surface area contributed by atoms with Crippen molar-refractivity contribution in [3.05, 3.63) is 29.3 Å². The summed E-state index contributed by atoms with van der Waals surface area (Å²) in [6.45, 7) is 3.28. The molecule has 3 nitrogen and oxygen atoms in total. The van der Waals surface area contributed by atoms with Crippen molar-refractivity contribution >= 4 is 35.0 Å². The van der Waals surface area contributed by atoms with Gasteiger partial charge < -0.3 is 10.6 Å². The minimum absolute atomic E-state index is 0.0411. The van der Waals surface area contributed by atoms with Gasteiger partial charge in [0.05, 0.1) is 6.54 Å². The lowest BCUT2D eigenvalue weighted by molar-refractivity contribution is -0.115. The second kappa shape index (κ2) is 7.58. The topological polar surface area (TPSA) is 41.1 Å². The Morgan fingerprint density at radius 3 is 2.65 bits per heavy atom. The molecule has 1 rings (SSSR count). The molecular weight excluding hydrogens is 256 g/mol. The zero-order valence-electron chi connectivity index (χ0n) is 10.00. The molecule has 0 spiro atoms. The molecule has 1 atom stereocenters. The minimum Gasteiger partial charge on any atom is -0.325 e. The largest absolute Gasteiger partial charge is 0.325 e. The number of carbonyl (C=O) groups excluding carboxylic acids is 1. The molecule has 1 aromatic carbocycles. The molecule has 1 aromatic rings. The van der Waals surface area contributed by atoms with Crippen LogP contribution in [-0.4, -0.2) is 30.5 Å². The number of benzene rings is 1. The van der Waals surface area contributed by atoms with Crippen molar-refractivity contribution in [1.29, 1.82) is 0 Å². The van der Waals surface area contributed by atoms with Crippen molar-refractivity contribution < 1.29 is 4.79 Å². The van der Waals surface area contributed by atoms with E-state index in [2.05, 4.69) is 23.8 Å². The van der Waals surface area contributed by atoms with Crippen molar-refractivity contribution in [2.24, 2.45) is 0 Å². The predicted molar refractivity (Wildman–Crippen MR) is 75.9 cm³/mol. The van der Waals surface area contributed by atoms with Crippen LogP contribution in [0.1, 0.15) is 6.92 Å².